The molecule has 0 bridgehead atoms. The summed E-state index contributed by atoms with van der Waals surface area (Å²) in [5, 5.41) is 21.3. The van der Waals surface area contributed by atoms with Gasteiger partial charge in [0, 0.05) is 40.1 Å². The van der Waals surface area contributed by atoms with Gasteiger partial charge in [0.2, 0.25) is 0 Å². The first-order valence-electron chi connectivity index (χ1n) is 12.9. The Morgan fingerprint density at radius 3 is 2.55 bits per heavy atom. The van der Waals surface area contributed by atoms with Crippen molar-refractivity contribution in [3.8, 4) is 6.07 Å². The van der Waals surface area contributed by atoms with Gasteiger partial charge in [-0.1, -0.05) is 55.2 Å². The number of nitrogens with one attached hydrogen (secondary N) is 4. The van der Waals surface area contributed by atoms with E-state index in [9.17, 15) is 5.26 Å². The number of halogens is 2. The van der Waals surface area contributed by atoms with Crippen LogP contribution in [0.2, 0.25) is 10.0 Å². The van der Waals surface area contributed by atoms with Gasteiger partial charge in [-0.25, -0.2) is 0 Å². The molecule has 1 aliphatic heterocycles. The van der Waals surface area contributed by atoms with E-state index in [0.29, 0.717) is 33.1 Å². The zero-order valence-electron chi connectivity index (χ0n) is 22.3. The average molecular weight is 548 g/mol. The molecule has 3 aromatic rings. The lowest BCUT2D eigenvalue weighted by atomic mass is 9.69. The molecule has 1 aliphatic carbocycles. The molecule has 2 heterocycles. The Bertz CT molecular complexity index is 1460. The van der Waals surface area contributed by atoms with Gasteiger partial charge in [-0.05, 0) is 56.4 Å². The topological polar surface area (TPSA) is 88.0 Å². The highest BCUT2D eigenvalue weighted by Gasteiger charge is 2.39. The van der Waals surface area contributed by atoms with E-state index in [-0.39, 0.29) is 5.54 Å². The first-order chi connectivity index (χ1) is 18.0. The van der Waals surface area contributed by atoms with E-state index < -0.39 is 5.44 Å². The molecule has 1 saturated carbocycles. The molecule has 0 spiro atoms. The van der Waals surface area contributed by atoms with Crippen molar-refractivity contribution < 1.29 is 0 Å². The number of benzene rings is 2. The number of hydrogen-bond donors (Lipinski definition) is 4. The Morgan fingerprint density at radius 2 is 1.89 bits per heavy atom. The Hall–Kier alpha value is -3.12. The monoisotopic (exact) mass is 547 g/mol. The number of pyridine rings is 1. The number of nitriles is 1. The summed E-state index contributed by atoms with van der Waals surface area (Å²) in [6.07, 6.45) is 6.00. The van der Waals surface area contributed by atoms with Crippen LogP contribution in [-0.2, 0) is 5.44 Å². The quantitative estimate of drug-likeness (QED) is 0.277. The normalized spacial score (nSPS) is 17.1. The van der Waals surface area contributed by atoms with Gasteiger partial charge in [0.15, 0.2) is 0 Å². The predicted molar refractivity (Wildman–Crippen MR) is 159 cm³/mol. The fourth-order valence-electron chi connectivity index (χ4n) is 4.58. The number of hydrogen-bond acceptors (Lipinski definition) is 7. The van der Waals surface area contributed by atoms with E-state index in [4.69, 9.17) is 23.2 Å². The maximum absolute atomic E-state index is 9.92. The van der Waals surface area contributed by atoms with E-state index in [1.54, 1.807) is 6.20 Å². The third kappa shape index (κ3) is 4.87. The molecule has 1 unspecified atom stereocenters. The maximum atomic E-state index is 9.92. The zero-order valence-corrected chi connectivity index (χ0v) is 23.8. The van der Waals surface area contributed by atoms with Crippen molar-refractivity contribution in [2.24, 2.45) is 5.92 Å². The summed E-state index contributed by atoms with van der Waals surface area (Å²) >= 11 is 13.6. The van der Waals surface area contributed by atoms with Crippen molar-refractivity contribution in [2.75, 3.05) is 10.6 Å². The summed E-state index contributed by atoms with van der Waals surface area (Å²) in [5.41, 5.74) is 10.1. The van der Waals surface area contributed by atoms with Crippen molar-refractivity contribution >= 4 is 53.3 Å². The molecule has 1 atom stereocenters. The van der Waals surface area contributed by atoms with Crippen LogP contribution < -0.4 is 21.6 Å². The van der Waals surface area contributed by atoms with E-state index in [0.717, 1.165) is 40.9 Å². The first-order valence-corrected chi connectivity index (χ1v) is 13.6. The third-order valence-electron chi connectivity index (χ3n) is 7.81. The van der Waals surface area contributed by atoms with Crippen LogP contribution in [0.5, 0.6) is 0 Å². The summed E-state index contributed by atoms with van der Waals surface area (Å²) in [7, 11) is 2.09. The minimum absolute atomic E-state index is 0.265. The first kappa shape index (κ1) is 26.5. The van der Waals surface area contributed by atoms with Gasteiger partial charge in [0.1, 0.15) is 13.9 Å². The van der Waals surface area contributed by atoms with Crippen LogP contribution in [0.25, 0.3) is 10.9 Å². The average Bonchev–Trinajstić information content (AvgIpc) is 3.60. The third-order valence-corrected chi connectivity index (χ3v) is 8.43. The molecule has 196 valence electrons. The molecule has 4 N–H and O–H groups in total. The molecular formula is C28H32BCl2N7. The van der Waals surface area contributed by atoms with E-state index in [1.165, 1.54) is 0 Å². The number of anilines is 2. The van der Waals surface area contributed by atoms with Crippen LogP contribution in [0.4, 0.5) is 11.4 Å². The molecule has 1 fully saturated rings. The standard InChI is InChI=1S/C28H32BCl2N7/c1-16(2)27(3,4)35-25-17(13-32)14-33-26-20(25)11-18(12-23(26)31)34-28(29,21-7-5-6-8-22(21)30)24-15-38(37-36-24)19-9-10-19/h5-8,11-12,14-16,19,34,36-37H,9-10,29H2,1-4H3,(H,33,35). The van der Waals surface area contributed by atoms with E-state index >= 15 is 0 Å². The minimum atomic E-state index is -0.725. The van der Waals surface area contributed by atoms with Crippen LogP contribution in [0, 0.1) is 17.2 Å². The fraction of sp³-hybridized carbons (Fsp3) is 0.357. The van der Waals surface area contributed by atoms with Crippen molar-refractivity contribution in [3.05, 3.63) is 75.7 Å². The van der Waals surface area contributed by atoms with Crippen LogP contribution in [-0.4, -0.2) is 29.4 Å². The molecule has 7 nitrogen and oxygen atoms in total. The molecule has 38 heavy (non-hydrogen) atoms. The summed E-state index contributed by atoms with van der Waals surface area (Å²) in [5.74, 6) is 0.319. The Balaban J connectivity index is 1.64. The van der Waals surface area contributed by atoms with Gasteiger partial charge >= 0.3 is 0 Å². The number of nitrogens with zero attached hydrogens (tertiary/aromatic N) is 3. The number of rotatable bonds is 8. The lowest BCUT2D eigenvalue weighted by molar-refractivity contribution is 0.260. The second kappa shape index (κ2) is 9.89. The number of fused-ring (bicyclic) bond motifs is 1. The lowest BCUT2D eigenvalue weighted by Gasteiger charge is -2.35. The molecule has 2 aromatic carbocycles. The summed E-state index contributed by atoms with van der Waals surface area (Å²) in [4.78, 5) is 4.53. The van der Waals surface area contributed by atoms with Crippen molar-refractivity contribution in [1.82, 2.24) is 21.0 Å². The molecule has 5 rings (SSSR count). The van der Waals surface area contributed by atoms with Crippen molar-refractivity contribution in [3.63, 3.8) is 0 Å². The predicted octanol–water partition coefficient (Wildman–Crippen LogP) is 5.49. The van der Waals surface area contributed by atoms with Crippen LogP contribution >= 0.6 is 23.2 Å². The van der Waals surface area contributed by atoms with Gasteiger partial charge in [-0.15, -0.1) is 5.53 Å². The largest absolute Gasteiger partial charge is 0.378 e. The highest BCUT2D eigenvalue weighted by atomic mass is 35.5. The second-order valence-corrected chi connectivity index (χ2v) is 12.0. The van der Waals surface area contributed by atoms with Gasteiger partial charge < -0.3 is 16.1 Å². The fourth-order valence-corrected chi connectivity index (χ4v) is 5.18. The van der Waals surface area contributed by atoms with Gasteiger partial charge in [0.05, 0.1) is 32.9 Å². The van der Waals surface area contributed by atoms with Gasteiger partial charge in [-0.2, -0.15) is 5.26 Å². The molecule has 0 saturated heterocycles. The summed E-state index contributed by atoms with van der Waals surface area (Å²) in [6.45, 7) is 8.55. The molecule has 0 amide bonds. The number of aromatic nitrogens is 1. The molecule has 2 aliphatic rings. The SMILES string of the molecule is BC(Nc1cc(Cl)c2ncc(C#N)c(NC(C)(C)C(C)C)c2c1)(C1=CN(C2CC2)NN1)c1ccccc1Cl. The maximum Gasteiger partial charge on any atom is 0.148 e. The van der Waals surface area contributed by atoms with Crippen molar-refractivity contribution in [2.45, 2.75) is 57.6 Å². The Kier molecular flexibility index (Phi) is 6.89. The minimum Gasteiger partial charge on any atom is -0.378 e. The Morgan fingerprint density at radius 1 is 1.16 bits per heavy atom. The molecule has 1 aromatic heterocycles. The lowest BCUT2D eigenvalue weighted by Crippen LogP contribution is -2.45. The van der Waals surface area contributed by atoms with E-state index in [1.807, 2.05) is 36.4 Å². The van der Waals surface area contributed by atoms with Crippen LogP contribution in [0.1, 0.15) is 51.7 Å². The van der Waals surface area contributed by atoms with Crippen LogP contribution in [0.15, 0.2) is 54.5 Å². The summed E-state index contributed by atoms with van der Waals surface area (Å²) < 4.78 is 0. The highest BCUT2D eigenvalue weighted by molar-refractivity contribution is 6.36. The zero-order chi connectivity index (χ0) is 27.2. The smallest absolute Gasteiger partial charge is 0.148 e. The molecule has 10 heteroatoms. The highest BCUT2D eigenvalue weighted by Crippen LogP contribution is 2.40. The molecular weight excluding hydrogens is 516 g/mol. The molecule has 0 radical (unpaired) electrons. The Labute approximate surface area is 234 Å². The van der Waals surface area contributed by atoms with Crippen LogP contribution in [0.3, 0.4) is 0 Å². The van der Waals surface area contributed by atoms with Gasteiger partial charge in [0.25, 0.3) is 0 Å². The summed E-state index contributed by atoms with van der Waals surface area (Å²) in [6, 6.07) is 14.5. The number of hydrazine groups is 2. The second-order valence-electron chi connectivity index (χ2n) is 11.2. The van der Waals surface area contributed by atoms with Gasteiger partial charge in [-0.3, -0.25) is 9.99 Å². The van der Waals surface area contributed by atoms with Crippen molar-refractivity contribution in [1.29, 1.82) is 5.26 Å². The van der Waals surface area contributed by atoms with E-state index in [2.05, 4.69) is 79.4 Å².